The molecule has 0 saturated heterocycles. The number of nitrogens with one attached hydrogen (secondary N) is 1. The lowest BCUT2D eigenvalue weighted by molar-refractivity contribution is -0.141. The van der Waals surface area contributed by atoms with Gasteiger partial charge in [0.25, 0.3) is 0 Å². The summed E-state index contributed by atoms with van der Waals surface area (Å²) in [5, 5.41) is 2.94. The Labute approximate surface area is 147 Å². The van der Waals surface area contributed by atoms with Gasteiger partial charge < -0.3 is 14.6 Å². The van der Waals surface area contributed by atoms with Crippen LogP contribution in [0.25, 0.3) is 0 Å². The lowest BCUT2D eigenvalue weighted by atomic mass is 10.1. The summed E-state index contributed by atoms with van der Waals surface area (Å²) in [5.74, 6) is 1.07. The number of imidazole rings is 1. The minimum absolute atomic E-state index is 0.143. The van der Waals surface area contributed by atoms with Crippen LogP contribution in [0, 0.1) is 0 Å². The maximum Gasteiger partial charge on any atom is 0.433 e. The van der Waals surface area contributed by atoms with Gasteiger partial charge in [-0.3, -0.25) is 0 Å². The molecule has 6 nitrogen and oxygen atoms in total. The van der Waals surface area contributed by atoms with E-state index in [1.807, 2.05) is 6.07 Å². The fourth-order valence-corrected chi connectivity index (χ4v) is 2.49. The number of ether oxygens (including phenoxy) is 1. The summed E-state index contributed by atoms with van der Waals surface area (Å²) >= 11 is 0. The van der Waals surface area contributed by atoms with Crippen molar-refractivity contribution in [3.8, 4) is 5.75 Å². The van der Waals surface area contributed by atoms with Crippen molar-refractivity contribution in [1.29, 1.82) is 0 Å². The standard InChI is InChI=1S/C17H16F3N5O/c1-25-9-8-21-15(25)14(11-4-3-5-12(10-11)26-2)24-16-22-7-6-13(23-16)17(18,19)20/h3-10,14H,1-2H3,(H,22,23,24). The predicted molar refractivity (Wildman–Crippen MR) is 88.7 cm³/mol. The molecule has 2 heterocycles. The number of rotatable bonds is 5. The number of hydrogen-bond acceptors (Lipinski definition) is 5. The maximum absolute atomic E-state index is 12.9. The smallest absolute Gasteiger partial charge is 0.433 e. The van der Waals surface area contributed by atoms with E-state index in [-0.39, 0.29) is 5.95 Å². The van der Waals surface area contributed by atoms with Crippen molar-refractivity contribution in [2.75, 3.05) is 12.4 Å². The van der Waals surface area contributed by atoms with Gasteiger partial charge in [-0.2, -0.15) is 13.2 Å². The molecule has 0 radical (unpaired) electrons. The molecule has 0 spiro atoms. The Balaban J connectivity index is 2.01. The Morgan fingerprint density at radius 2 is 1.96 bits per heavy atom. The van der Waals surface area contributed by atoms with E-state index in [9.17, 15) is 13.2 Å². The molecule has 0 saturated carbocycles. The van der Waals surface area contributed by atoms with Crippen LogP contribution in [0.1, 0.15) is 23.1 Å². The number of aromatic nitrogens is 4. The molecule has 136 valence electrons. The van der Waals surface area contributed by atoms with Crippen molar-refractivity contribution >= 4 is 5.95 Å². The van der Waals surface area contributed by atoms with Crippen LogP contribution in [0.5, 0.6) is 5.75 Å². The van der Waals surface area contributed by atoms with E-state index in [0.717, 1.165) is 17.8 Å². The van der Waals surface area contributed by atoms with Crippen LogP contribution in [-0.2, 0) is 13.2 Å². The molecule has 1 unspecified atom stereocenters. The normalized spacial score (nSPS) is 12.7. The fourth-order valence-electron chi connectivity index (χ4n) is 2.49. The molecule has 9 heteroatoms. The molecule has 1 aromatic carbocycles. The molecule has 0 amide bonds. The minimum Gasteiger partial charge on any atom is -0.497 e. The maximum atomic E-state index is 12.9. The predicted octanol–water partition coefficient (Wildman–Crippen LogP) is 3.44. The molecule has 0 aliphatic heterocycles. The Morgan fingerprint density at radius 3 is 2.62 bits per heavy atom. The second kappa shape index (κ2) is 7.03. The number of halogens is 3. The van der Waals surface area contributed by atoms with Crippen molar-refractivity contribution < 1.29 is 17.9 Å². The van der Waals surface area contributed by atoms with Crippen LogP contribution < -0.4 is 10.1 Å². The van der Waals surface area contributed by atoms with Gasteiger partial charge in [0.2, 0.25) is 5.95 Å². The first-order chi connectivity index (χ1) is 12.4. The van der Waals surface area contributed by atoms with Crippen molar-refractivity contribution in [3.05, 3.63) is 66.0 Å². The summed E-state index contributed by atoms with van der Waals surface area (Å²) in [5.41, 5.74) is -0.265. The summed E-state index contributed by atoms with van der Waals surface area (Å²) in [6, 6.07) is 7.43. The van der Waals surface area contributed by atoms with Gasteiger partial charge in [0, 0.05) is 25.6 Å². The highest BCUT2D eigenvalue weighted by Crippen LogP contribution is 2.30. The number of nitrogens with zero attached hydrogens (tertiary/aromatic N) is 4. The zero-order valence-corrected chi connectivity index (χ0v) is 14.0. The van der Waals surface area contributed by atoms with Crippen LogP contribution in [0.4, 0.5) is 19.1 Å². The van der Waals surface area contributed by atoms with Crippen molar-refractivity contribution in [2.24, 2.45) is 7.05 Å². The van der Waals surface area contributed by atoms with Gasteiger partial charge in [0.1, 0.15) is 23.3 Å². The summed E-state index contributed by atoms with van der Waals surface area (Å²) in [6.07, 6.45) is -0.123. The lowest BCUT2D eigenvalue weighted by Gasteiger charge is -2.20. The highest BCUT2D eigenvalue weighted by molar-refractivity contribution is 5.40. The average Bonchev–Trinajstić information content (AvgIpc) is 3.05. The van der Waals surface area contributed by atoms with E-state index in [1.54, 1.807) is 42.2 Å². The third kappa shape index (κ3) is 3.76. The van der Waals surface area contributed by atoms with Gasteiger partial charge >= 0.3 is 6.18 Å². The summed E-state index contributed by atoms with van der Waals surface area (Å²) < 4.78 is 45.7. The summed E-state index contributed by atoms with van der Waals surface area (Å²) in [6.45, 7) is 0. The van der Waals surface area contributed by atoms with Crippen molar-refractivity contribution in [2.45, 2.75) is 12.2 Å². The van der Waals surface area contributed by atoms with E-state index >= 15 is 0 Å². The molecule has 3 aromatic rings. The number of benzene rings is 1. The van der Waals surface area contributed by atoms with Crippen LogP contribution >= 0.6 is 0 Å². The second-order valence-electron chi connectivity index (χ2n) is 5.51. The van der Waals surface area contributed by atoms with Crippen LogP contribution in [0.2, 0.25) is 0 Å². The highest BCUT2D eigenvalue weighted by Gasteiger charge is 2.33. The third-order valence-electron chi connectivity index (χ3n) is 3.76. The molecule has 0 bridgehead atoms. The van der Waals surface area contributed by atoms with E-state index in [2.05, 4.69) is 20.3 Å². The van der Waals surface area contributed by atoms with Gasteiger partial charge in [0.15, 0.2) is 0 Å². The third-order valence-corrected chi connectivity index (χ3v) is 3.76. The molecular formula is C17H16F3N5O. The van der Waals surface area contributed by atoms with Crippen LogP contribution in [0.15, 0.2) is 48.9 Å². The van der Waals surface area contributed by atoms with Gasteiger partial charge in [0.05, 0.1) is 7.11 Å². The molecular weight excluding hydrogens is 347 g/mol. The van der Waals surface area contributed by atoms with Crippen molar-refractivity contribution in [1.82, 2.24) is 19.5 Å². The molecule has 1 N–H and O–H groups in total. The first kappa shape index (κ1) is 17.7. The number of alkyl halides is 3. The SMILES string of the molecule is COc1cccc(C(Nc2nccc(C(F)(F)F)n2)c2nccn2C)c1. The largest absolute Gasteiger partial charge is 0.497 e. The average molecular weight is 363 g/mol. The quantitative estimate of drug-likeness (QED) is 0.752. The molecule has 0 aliphatic rings. The van der Waals surface area contributed by atoms with Crippen molar-refractivity contribution in [3.63, 3.8) is 0 Å². The van der Waals surface area contributed by atoms with Crippen LogP contribution in [0.3, 0.4) is 0 Å². The molecule has 2 aromatic heterocycles. The minimum atomic E-state index is -4.55. The lowest BCUT2D eigenvalue weighted by Crippen LogP contribution is -2.19. The number of aryl methyl sites for hydroxylation is 1. The zero-order valence-electron chi connectivity index (χ0n) is 14.0. The first-order valence-corrected chi connectivity index (χ1v) is 7.66. The Morgan fingerprint density at radius 1 is 1.15 bits per heavy atom. The Kier molecular flexibility index (Phi) is 4.79. The molecule has 26 heavy (non-hydrogen) atoms. The number of anilines is 1. The first-order valence-electron chi connectivity index (χ1n) is 7.66. The van der Waals surface area contributed by atoms with Crippen LogP contribution in [-0.4, -0.2) is 26.6 Å². The second-order valence-corrected chi connectivity index (χ2v) is 5.51. The Hall–Kier alpha value is -3.10. The van der Waals surface area contributed by atoms with E-state index in [0.29, 0.717) is 11.6 Å². The highest BCUT2D eigenvalue weighted by atomic mass is 19.4. The molecule has 0 aliphatic carbocycles. The zero-order chi connectivity index (χ0) is 18.7. The molecule has 3 rings (SSSR count). The van der Waals surface area contributed by atoms with Gasteiger partial charge in [-0.05, 0) is 23.8 Å². The topological polar surface area (TPSA) is 64.9 Å². The molecule has 1 atom stereocenters. The van der Waals surface area contributed by atoms with E-state index in [1.165, 1.54) is 7.11 Å². The molecule has 0 fully saturated rings. The van der Waals surface area contributed by atoms with Gasteiger partial charge in [-0.1, -0.05) is 12.1 Å². The summed E-state index contributed by atoms with van der Waals surface area (Å²) in [7, 11) is 3.34. The van der Waals surface area contributed by atoms with Gasteiger partial charge in [-0.15, -0.1) is 0 Å². The van der Waals surface area contributed by atoms with E-state index in [4.69, 9.17) is 4.74 Å². The Bertz CT molecular complexity index is 894. The summed E-state index contributed by atoms with van der Waals surface area (Å²) in [4.78, 5) is 11.8. The fraction of sp³-hybridized carbons (Fsp3) is 0.235. The van der Waals surface area contributed by atoms with E-state index < -0.39 is 17.9 Å². The monoisotopic (exact) mass is 363 g/mol. The van der Waals surface area contributed by atoms with Gasteiger partial charge in [-0.25, -0.2) is 15.0 Å². The number of methoxy groups -OCH3 is 1. The number of hydrogen-bond donors (Lipinski definition) is 1.